The maximum Gasteiger partial charge on any atom is 0.404 e. The minimum absolute atomic E-state index is 0.0809. The third-order valence-corrected chi connectivity index (χ3v) is 3.92. The topological polar surface area (TPSA) is 119 Å². The van der Waals surface area contributed by atoms with Crippen LogP contribution in [0.1, 0.15) is 31.2 Å². The molecule has 2 amide bonds. The third-order valence-electron chi connectivity index (χ3n) is 3.55. The number of nitrogens with one attached hydrogen (secondary N) is 2. The van der Waals surface area contributed by atoms with Crippen molar-refractivity contribution in [1.82, 2.24) is 4.72 Å². The Morgan fingerprint density at radius 2 is 1.57 bits per heavy atom. The van der Waals surface area contributed by atoms with E-state index in [1.54, 1.807) is 0 Å². The summed E-state index contributed by atoms with van der Waals surface area (Å²) in [5.41, 5.74) is 6.58. The average Bonchev–Trinajstić information content (AvgIpc) is 2.71. The van der Waals surface area contributed by atoms with E-state index in [0.717, 1.165) is 49.2 Å². The van der Waals surface area contributed by atoms with Gasteiger partial charge in [-0.25, -0.2) is 4.79 Å². The predicted molar refractivity (Wildman–Crippen MR) is 114 cm³/mol. The number of hydrogen-bond acceptors (Lipinski definition) is 6. The Balaban J connectivity index is 0.000000307. The highest BCUT2D eigenvalue weighted by Crippen LogP contribution is 2.07. The summed E-state index contributed by atoms with van der Waals surface area (Å²) in [6.45, 7) is 1.14. The van der Waals surface area contributed by atoms with Gasteiger partial charge in [-0.1, -0.05) is 55.0 Å². The van der Waals surface area contributed by atoms with E-state index < -0.39 is 6.09 Å². The minimum atomic E-state index is -0.742. The summed E-state index contributed by atoms with van der Waals surface area (Å²) in [5, 5.41) is 8.08. The molecule has 2 aromatic rings. The molecule has 0 aliphatic rings. The number of para-hydroxylation sites is 1. The predicted octanol–water partition coefficient (Wildman–Crippen LogP) is 3.58. The van der Waals surface area contributed by atoms with E-state index in [0.29, 0.717) is 6.42 Å². The first-order valence-corrected chi connectivity index (χ1v) is 9.89. The number of unbranched alkanes of at least 4 members (excludes halogenated alkanes) is 2. The van der Waals surface area contributed by atoms with Gasteiger partial charge in [0.1, 0.15) is 6.61 Å². The highest BCUT2D eigenvalue weighted by atomic mass is 32.2. The van der Waals surface area contributed by atoms with Crippen molar-refractivity contribution in [3.05, 3.63) is 66.2 Å². The number of primary amides is 1. The fourth-order valence-electron chi connectivity index (χ4n) is 2.19. The van der Waals surface area contributed by atoms with Crippen LogP contribution < -0.4 is 20.9 Å². The molecule has 0 saturated carbocycles. The van der Waals surface area contributed by atoms with Crippen LogP contribution in [0.15, 0.2) is 60.7 Å². The van der Waals surface area contributed by atoms with E-state index in [1.807, 2.05) is 60.7 Å². The molecule has 0 spiro atoms. The molecule has 0 atom stereocenters. The van der Waals surface area contributed by atoms with Crippen LogP contribution >= 0.6 is 12.1 Å². The van der Waals surface area contributed by atoms with Gasteiger partial charge in [-0.05, 0) is 30.5 Å². The minimum Gasteiger partial charge on any atom is -0.445 e. The van der Waals surface area contributed by atoms with Crippen LogP contribution in [0, 0.1) is 0 Å². The van der Waals surface area contributed by atoms with Crippen molar-refractivity contribution >= 4 is 29.8 Å². The second kappa shape index (κ2) is 15.5. The fraction of sp³-hybridized carbons (Fsp3) is 0.300. The van der Waals surface area contributed by atoms with Crippen molar-refractivity contribution in [3.8, 4) is 0 Å². The number of hydrogen-bond donors (Lipinski definition) is 4. The van der Waals surface area contributed by atoms with E-state index in [4.69, 9.17) is 10.9 Å². The van der Waals surface area contributed by atoms with Crippen molar-refractivity contribution in [2.75, 3.05) is 11.9 Å². The Bertz CT molecular complexity index is 672. The number of nitrogens with two attached hydrogens (primary N) is 2. The van der Waals surface area contributed by atoms with E-state index in [2.05, 4.69) is 14.8 Å². The van der Waals surface area contributed by atoms with E-state index in [-0.39, 0.29) is 12.5 Å². The number of carbonyl (C=O) groups is 2. The molecule has 0 aromatic heterocycles. The fourth-order valence-corrected chi connectivity index (χ4v) is 2.45. The lowest BCUT2D eigenvalue weighted by molar-refractivity contribution is -0.116. The van der Waals surface area contributed by atoms with E-state index in [9.17, 15) is 9.59 Å². The second-order valence-electron chi connectivity index (χ2n) is 5.83. The molecule has 0 radical (unpaired) electrons. The van der Waals surface area contributed by atoms with Gasteiger partial charge in [0.05, 0.1) is 0 Å². The number of rotatable bonds is 10. The highest BCUT2D eigenvalue weighted by molar-refractivity contribution is 7.95. The first kappa shape index (κ1) is 23.5. The van der Waals surface area contributed by atoms with Gasteiger partial charge in [-0.3, -0.25) is 14.7 Å². The molecule has 152 valence electrons. The number of carbonyl (C=O) groups excluding carboxylic acids is 2. The largest absolute Gasteiger partial charge is 0.445 e. The van der Waals surface area contributed by atoms with Gasteiger partial charge < -0.3 is 15.8 Å². The van der Waals surface area contributed by atoms with Gasteiger partial charge >= 0.3 is 6.09 Å². The first-order valence-electron chi connectivity index (χ1n) is 9.01. The average molecular weight is 405 g/mol. The molecule has 2 aromatic carbocycles. The maximum atomic E-state index is 11.6. The van der Waals surface area contributed by atoms with E-state index in [1.165, 1.54) is 0 Å². The van der Waals surface area contributed by atoms with Crippen molar-refractivity contribution in [2.45, 2.75) is 32.3 Å². The van der Waals surface area contributed by atoms with Gasteiger partial charge in [-0.15, -0.1) is 0 Å². The van der Waals surface area contributed by atoms with Gasteiger partial charge in [0.25, 0.3) is 0 Å². The highest BCUT2D eigenvalue weighted by Gasteiger charge is 2.01. The lowest BCUT2D eigenvalue weighted by Crippen LogP contribution is -2.12. The molecule has 2 rings (SSSR count). The Kier molecular flexibility index (Phi) is 13.0. The Morgan fingerprint density at radius 3 is 2.18 bits per heavy atom. The molecule has 0 aliphatic carbocycles. The van der Waals surface area contributed by atoms with Gasteiger partial charge in [0, 0.05) is 30.8 Å². The molecule has 7 nitrogen and oxygen atoms in total. The number of benzene rings is 2. The Hall–Kier alpha value is -2.55. The summed E-state index contributed by atoms with van der Waals surface area (Å²) in [7, 11) is 0. The van der Waals surface area contributed by atoms with Crippen LogP contribution in [0.2, 0.25) is 0 Å². The molecule has 0 unspecified atom stereocenters. The molecule has 0 bridgehead atoms. The van der Waals surface area contributed by atoms with Gasteiger partial charge in [0.15, 0.2) is 0 Å². The molecule has 0 heterocycles. The van der Waals surface area contributed by atoms with Crippen molar-refractivity contribution in [1.29, 1.82) is 0 Å². The smallest absolute Gasteiger partial charge is 0.404 e. The van der Waals surface area contributed by atoms with Crippen LogP contribution in [0.5, 0.6) is 0 Å². The van der Waals surface area contributed by atoms with Crippen LogP contribution in [0.3, 0.4) is 0 Å². The Labute approximate surface area is 170 Å². The van der Waals surface area contributed by atoms with Crippen LogP contribution in [0.25, 0.3) is 0 Å². The summed E-state index contributed by atoms with van der Waals surface area (Å²) in [5.74, 6) is 0.0809. The number of amides is 2. The number of ether oxygens (including phenoxy) is 1. The quantitative estimate of drug-likeness (QED) is 0.355. The van der Waals surface area contributed by atoms with Crippen molar-refractivity contribution in [2.24, 2.45) is 10.9 Å². The molecule has 0 aliphatic heterocycles. The summed E-state index contributed by atoms with van der Waals surface area (Å²) >= 11 is 1.14. The first-order chi connectivity index (χ1) is 13.6. The van der Waals surface area contributed by atoms with Crippen LogP contribution in [-0.2, 0) is 16.1 Å². The molecular weight excluding hydrogens is 376 g/mol. The SMILES string of the molecule is NC(=O)OCc1ccccc1.NSNCCCCCC(=O)Nc1ccccc1. The molecule has 28 heavy (non-hydrogen) atoms. The second-order valence-corrected chi connectivity index (χ2v) is 6.35. The van der Waals surface area contributed by atoms with Crippen molar-refractivity contribution < 1.29 is 14.3 Å². The zero-order chi connectivity index (χ0) is 20.5. The monoisotopic (exact) mass is 404 g/mol. The summed E-state index contributed by atoms with van der Waals surface area (Å²) in [4.78, 5) is 21.7. The molecule has 8 heteroatoms. The maximum absolute atomic E-state index is 11.6. The molecule has 0 fully saturated rings. The normalized spacial score (nSPS) is 9.75. The summed E-state index contributed by atoms with van der Waals surface area (Å²) in [6, 6.07) is 18.9. The van der Waals surface area contributed by atoms with Gasteiger partial charge in [0.2, 0.25) is 5.91 Å². The molecule has 6 N–H and O–H groups in total. The van der Waals surface area contributed by atoms with Crippen LogP contribution in [-0.4, -0.2) is 18.5 Å². The third kappa shape index (κ3) is 12.7. The van der Waals surface area contributed by atoms with E-state index >= 15 is 0 Å². The zero-order valence-electron chi connectivity index (χ0n) is 15.8. The summed E-state index contributed by atoms with van der Waals surface area (Å²) in [6.07, 6.45) is 2.83. The van der Waals surface area contributed by atoms with Gasteiger partial charge in [-0.2, -0.15) is 0 Å². The molecular formula is C20H28N4O3S. The molecule has 0 saturated heterocycles. The van der Waals surface area contributed by atoms with Crippen molar-refractivity contribution in [3.63, 3.8) is 0 Å². The zero-order valence-corrected chi connectivity index (χ0v) is 16.6. The summed E-state index contributed by atoms with van der Waals surface area (Å²) < 4.78 is 7.54. The number of anilines is 1. The lowest BCUT2D eigenvalue weighted by atomic mass is 10.2. The lowest BCUT2D eigenvalue weighted by Gasteiger charge is -2.04. The Morgan fingerprint density at radius 1 is 0.929 bits per heavy atom. The van der Waals surface area contributed by atoms with Crippen LogP contribution in [0.4, 0.5) is 10.5 Å². The standard InChI is InChI=1S/C12H19N3OS.C8H9NO2/c13-17-14-10-6-2-5-9-12(16)15-11-7-3-1-4-8-11;9-8(10)11-6-7-4-2-1-3-5-7/h1,3-4,7-8,14H,2,5-6,9-10,13H2,(H,15,16);1-5H,6H2,(H2,9,10).